The molecule has 1 atom stereocenters. The van der Waals surface area contributed by atoms with Gasteiger partial charge in [0.05, 0.1) is 0 Å². The maximum Gasteiger partial charge on any atom is 0.0110 e. The molecule has 0 bridgehead atoms. The SMILES string of the molecule is CC.CC(C)N1CCCCC1CCN. The van der Waals surface area contributed by atoms with Crippen LogP contribution in [0, 0.1) is 0 Å². The maximum absolute atomic E-state index is 5.60. The molecule has 0 saturated carbocycles. The van der Waals surface area contributed by atoms with Crippen molar-refractivity contribution >= 4 is 0 Å². The number of rotatable bonds is 3. The first kappa shape index (κ1) is 13.9. The van der Waals surface area contributed by atoms with E-state index in [0.717, 1.165) is 12.6 Å². The molecule has 2 nitrogen and oxygen atoms in total. The Morgan fingerprint density at radius 2 is 1.93 bits per heavy atom. The predicted molar refractivity (Wildman–Crippen MR) is 64.5 cm³/mol. The highest BCUT2D eigenvalue weighted by molar-refractivity contribution is 4.79. The lowest BCUT2D eigenvalue weighted by Crippen LogP contribution is -2.44. The van der Waals surface area contributed by atoms with E-state index in [0.29, 0.717) is 6.04 Å². The molecule has 1 unspecified atom stereocenters. The highest BCUT2D eigenvalue weighted by atomic mass is 15.2. The molecule has 1 saturated heterocycles. The second-order valence-electron chi connectivity index (χ2n) is 4.06. The first-order valence-electron chi connectivity index (χ1n) is 6.21. The summed E-state index contributed by atoms with van der Waals surface area (Å²) in [6.07, 6.45) is 5.31. The number of hydrogen-bond donors (Lipinski definition) is 1. The molecule has 0 aromatic rings. The van der Waals surface area contributed by atoms with Gasteiger partial charge in [-0.1, -0.05) is 20.3 Å². The largest absolute Gasteiger partial charge is 0.330 e. The summed E-state index contributed by atoms with van der Waals surface area (Å²) in [4.78, 5) is 2.61. The Kier molecular flexibility index (Phi) is 8.20. The van der Waals surface area contributed by atoms with Crippen LogP contribution < -0.4 is 5.73 Å². The molecule has 0 radical (unpaired) electrons. The minimum Gasteiger partial charge on any atom is -0.330 e. The molecule has 0 aliphatic carbocycles. The molecule has 0 spiro atoms. The van der Waals surface area contributed by atoms with Crippen LogP contribution in [0.2, 0.25) is 0 Å². The molecule has 1 aliphatic heterocycles. The molecule has 1 heterocycles. The molecule has 1 rings (SSSR count). The second-order valence-corrected chi connectivity index (χ2v) is 4.06. The predicted octanol–water partition coefficient (Wildman–Crippen LogP) is 2.62. The number of nitrogens with two attached hydrogens (primary N) is 1. The van der Waals surface area contributed by atoms with Gasteiger partial charge < -0.3 is 5.73 Å². The second kappa shape index (κ2) is 8.25. The Balaban J connectivity index is 0.000000791. The summed E-state index contributed by atoms with van der Waals surface area (Å²) in [6, 6.07) is 1.46. The smallest absolute Gasteiger partial charge is 0.0110 e. The standard InChI is InChI=1S/C10H22N2.C2H6/c1-9(2)12-8-4-3-5-10(12)6-7-11;1-2/h9-10H,3-8,11H2,1-2H3;1-2H3. The van der Waals surface area contributed by atoms with Crippen molar-refractivity contribution in [2.45, 2.75) is 65.5 Å². The van der Waals surface area contributed by atoms with Crippen LogP contribution in [-0.2, 0) is 0 Å². The summed E-state index contributed by atoms with van der Waals surface area (Å²) in [5.74, 6) is 0. The first-order valence-corrected chi connectivity index (χ1v) is 6.21. The third-order valence-electron chi connectivity index (χ3n) is 2.84. The summed E-state index contributed by atoms with van der Waals surface area (Å²) in [7, 11) is 0. The molecule has 86 valence electrons. The van der Waals surface area contributed by atoms with Crippen molar-refractivity contribution in [3.05, 3.63) is 0 Å². The summed E-state index contributed by atoms with van der Waals surface area (Å²) < 4.78 is 0. The van der Waals surface area contributed by atoms with Crippen molar-refractivity contribution in [3.8, 4) is 0 Å². The summed E-state index contributed by atoms with van der Waals surface area (Å²) in [5, 5.41) is 0. The topological polar surface area (TPSA) is 29.3 Å². The average molecular weight is 200 g/mol. The zero-order valence-corrected chi connectivity index (χ0v) is 10.4. The van der Waals surface area contributed by atoms with Crippen LogP contribution >= 0.6 is 0 Å². The molecule has 0 aromatic heterocycles. The zero-order valence-electron chi connectivity index (χ0n) is 10.4. The van der Waals surface area contributed by atoms with Gasteiger partial charge in [0.1, 0.15) is 0 Å². The van der Waals surface area contributed by atoms with E-state index in [-0.39, 0.29) is 0 Å². The van der Waals surface area contributed by atoms with Gasteiger partial charge in [0.15, 0.2) is 0 Å². The summed E-state index contributed by atoms with van der Waals surface area (Å²) in [5.41, 5.74) is 5.60. The maximum atomic E-state index is 5.60. The highest BCUT2D eigenvalue weighted by Gasteiger charge is 2.23. The van der Waals surface area contributed by atoms with Crippen molar-refractivity contribution < 1.29 is 0 Å². The molecule has 14 heavy (non-hydrogen) atoms. The van der Waals surface area contributed by atoms with Gasteiger partial charge in [0.25, 0.3) is 0 Å². The highest BCUT2D eigenvalue weighted by Crippen LogP contribution is 2.21. The van der Waals surface area contributed by atoms with Crippen LogP contribution in [0.4, 0.5) is 0 Å². The lowest BCUT2D eigenvalue weighted by Gasteiger charge is -2.38. The summed E-state index contributed by atoms with van der Waals surface area (Å²) >= 11 is 0. The molecule has 1 fully saturated rings. The van der Waals surface area contributed by atoms with Crippen LogP contribution in [0.25, 0.3) is 0 Å². The van der Waals surface area contributed by atoms with Crippen LogP contribution in [-0.4, -0.2) is 30.1 Å². The third kappa shape index (κ3) is 4.43. The van der Waals surface area contributed by atoms with E-state index in [1.165, 1.54) is 32.2 Å². The molecule has 0 amide bonds. The van der Waals surface area contributed by atoms with E-state index in [9.17, 15) is 0 Å². The van der Waals surface area contributed by atoms with E-state index in [4.69, 9.17) is 5.73 Å². The van der Waals surface area contributed by atoms with Crippen molar-refractivity contribution in [3.63, 3.8) is 0 Å². The Bertz CT molecular complexity index is 121. The fourth-order valence-electron chi connectivity index (χ4n) is 2.21. The van der Waals surface area contributed by atoms with Crippen LogP contribution in [0.1, 0.15) is 53.4 Å². The fraction of sp³-hybridized carbons (Fsp3) is 1.00. The monoisotopic (exact) mass is 200 g/mol. The van der Waals surface area contributed by atoms with E-state index in [1.807, 2.05) is 13.8 Å². The lowest BCUT2D eigenvalue weighted by atomic mass is 9.98. The Morgan fingerprint density at radius 1 is 1.29 bits per heavy atom. The minimum atomic E-state index is 0.696. The van der Waals surface area contributed by atoms with Crippen LogP contribution in [0.15, 0.2) is 0 Å². The third-order valence-corrected chi connectivity index (χ3v) is 2.84. The van der Waals surface area contributed by atoms with Crippen molar-refractivity contribution in [1.82, 2.24) is 4.90 Å². The van der Waals surface area contributed by atoms with Gasteiger partial charge in [0, 0.05) is 12.1 Å². The van der Waals surface area contributed by atoms with Gasteiger partial charge in [-0.2, -0.15) is 0 Å². The Labute approximate surface area is 89.9 Å². The lowest BCUT2D eigenvalue weighted by molar-refractivity contribution is 0.107. The number of piperidine rings is 1. The fourth-order valence-corrected chi connectivity index (χ4v) is 2.21. The number of hydrogen-bond acceptors (Lipinski definition) is 2. The van der Waals surface area contributed by atoms with Crippen molar-refractivity contribution in [2.24, 2.45) is 5.73 Å². The van der Waals surface area contributed by atoms with Gasteiger partial charge in [-0.15, -0.1) is 0 Å². The van der Waals surface area contributed by atoms with E-state index in [2.05, 4.69) is 18.7 Å². The molecule has 2 heteroatoms. The molecule has 1 aliphatic rings. The van der Waals surface area contributed by atoms with Gasteiger partial charge in [-0.25, -0.2) is 0 Å². The number of nitrogens with zero attached hydrogens (tertiary/aromatic N) is 1. The molecule has 0 aromatic carbocycles. The first-order chi connectivity index (χ1) is 6.75. The van der Waals surface area contributed by atoms with Gasteiger partial charge >= 0.3 is 0 Å². The van der Waals surface area contributed by atoms with E-state index < -0.39 is 0 Å². The van der Waals surface area contributed by atoms with Gasteiger partial charge in [-0.05, 0) is 46.2 Å². The normalized spacial score (nSPS) is 23.1. The van der Waals surface area contributed by atoms with E-state index >= 15 is 0 Å². The van der Waals surface area contributed by atoms with Crippen molar-refractivity contribution in [1.29, 1.82) is 0 Å². The molecular formula is C12H28N2. The van der Waals surface area contributed by atoms with Crippen LogP contribution in [0.5, 0.6) is 0 Å². The zero-order chi connectivity index (χ0) is 11.0. The Hall–Kier alpha value is -0.0800. The Morgan fingerprint density at radius 3 is 2.43 bits per heavy atom. The minimum absolute atomic E-state index is 0.696. The number of likely N-dealkylation sites (tertiary alicyclic amines) is 1. The molecular weight excluding hydrogens is 172 g/mol. The molecule has 2 N–H and O–H groups in total. The van der Waals surface area contributed by atoms with Gasteiger partial charge in [0.2, 0.25) is 0 Å². The van der Waals surface area contributed by atoms with E-state index in [1.54, 1.807) is 0 Å². The van der Waals surface area contributed by atoms with Crippen molar-refractivity contribution in [2.75, 3.05) is 13.1 Å². The van der Waals surface area contributed by atoms with Crippen LogP contribution in [0.3, 0.4) is 0 Å². The quantitative estimate of drug-likeness (QED) is 0.759. The summed E-state index contributed by atoms with van der Waals surface area (Å²) in [6.45, 7) is 10.7. The average Bonchev–Trinajstić information content (AvgIpc) is 2.22. The van der Waals surface area contributed by atoms with Gasteiger partial charge in [-0.3, -0.25) is 4.90 Å².